The number of fused-ring (bicyclic) bond motifs is 1. The molecule has 0 spiro atoms. The van der Waals surface area contributed by atoms with Gasteiger partial charge in [0.2, 0.25) is 5.60 Å². The molecule has 0 unspecified atom stereocenters. The van der Waals surface area contributed by atoms with Gasteiger partial charge in [-0.3, -0.25) is 0 Å². The summed E-state index contributed by atoms with van der Waals surface area (Å²) < 4.78 is 6.91. The molecular formula is C15H18N6O4. The molecule has 132 valence electrons. The lowest BCUT2D eigenvalue weighted by atomic mass is 9.92. The minimum Gasteiger partial charge on any atom is -0.394 e. The molecule has 10 nitrogen and oxygen atoms in total. The molecule has 3 heterocycles. The minimum atomic E-state index is -1.86. The van der Waals surface area contributed by atoms with E-state index < -0.39 is 30.5 Å². The van der Waals surface area contributed by atoms with Crippen LogP contribution in [0, 0.1) is 11.3 Å². The number of aromatic nitrogens is 3. The summed E-state index contributed by atoms with van der Waals surface area (Å²) in [4.78, 5) is 10.1. The maximum atomic E-state index is 10.4. The normalized spacial score (nSPS) is 29.4. The van der Waals surface area contributed by atoms with Gasteiger partial charge in [-0.15, -0.1) is 0 Å². The highest BCUT2D eigenvalue weighted by Gasteiger charge is 2.57. The van der Waals surface area contributed by atoms with Crippen LogP contribution in [0.4, 0.5) is 5.82 Å². The minimum absolute atomic E-state index is 0.219. The molecule has 10 heteroatoms. The summed E-state index contributed by atoms with van der Waals surface area (Å²) in [5.74, 6) is 0.370. The Morgan fingerprint density at radius 1 is 1.48 bits per heavy atom. The number of aliphatic imine (C=N–C) groups is 1. The van der Waals surface area contributed by atoms with Gasteiger partial charge in [0.1, 0.15) is 36.2 Å². The molecule has 4 atom stereocenters. The van der Waals surface area contributed by atoms with Crippen molar-refractivity contribution in [1.82, 2.24) is 19.5 Å². The van der Waals surface area contributed by atoms with Gasteiger partial charge in [-0.05, 0) is 12.1 Å². The van der Waals surface area contributed by atoms with Crippen molar-refractivity contribution in [1.29, 1.82) is 5.26 Å². The number of nitriles is 1. The molecule has 25 heavy (non-hydrogen) atoms. The first-order valence-electron chi connectivity index (χ1n) is 7.54. The average molecular weight is 346 g/mol. The molecule has 3 N–H and O–H groups in total. The van der Waals surface area contributed by atoms with Crippen LogP contribution in [-0.2, 0) is 10.3 Å². The van der Waals surface area contributed by atoms with Crippen LogP contribution in [0.5, 0.6) is 0 Å². The Balaban J connectivity index is 2.13. The third kappa shape index (κ3) is 2.63. The van der Waals surface area contributed by atoms with Crippen LogP contribution in [0.15, 0.2) is 23.5 Å². The molecular weight excluding hydrogens is 328 g/mol. The van der Waals surface area contributed by atoms with Gasteiger partial charge in [0.15, 0.2) is 5.82 Å². The Labute approximate surface area is 143 Å². The summed E-state index contributed by atoms with van der Waals surface area (Å²) in [6.45, 7) is -0.529. The molecule has 3 rings (SSSR count). The fourth-order valence-corrected chi connectivity index (χ4v) is 2.80. The molecule has 0 radical (unpaired) electrons. The lowest BCUT2D eigenvalue weighted by Gasteiger charge is -2.24. The molecule has 0 aliphatic carbocycles. The van der Waals surface area contributed by atoms with Gasteiger partial charge in [-0.25, -0.2) is 14.5 Å². The van der Waals surface area contributed by atoms with E-state index in [1.807, 2.05) is 20.2 Å². The molecule has 1 aliphatic heterocycles. The Hall–Kier alpha value is -2.58. The number of rotatable bonds is 4. The molecule has 2 aromatic heterocycles. The second-order valence-electron chi connectivity index (χ2n) is 5.93. The zero-order valence-corrected chi connectivity index (χ0v) is 13.7. The van der Waals surface area contributed by atoms with Gasteiger partial charge in [0, 0.05) is 14.1 Å². The summed E-state index contributed by atoms with van der Waals surface area (Å²) in [6, 6.07) is 5.11. The monoisotopic (exact) mass is 346 g/mol. The Morgan fingerprint density at radius 3 is 2.84 bits per heavy atom. The van der Waals surface area contributed by atoms with Crippen molar-refractivity contribution in [3.63, 3.8) is 0 Å². The zero-order valence-electron chi connectivity index (χ0n) is 13.7. The lowest BCUT2D eigenvalue weighted by Crippen LogP contribution is -2.40. The van der Waals surface area contributed by atoms with E-state index in [9.17, 15) is 20.6 Å². The van der Waals surface area contributed by atoms with Crippen molar-refractivity contribution in [3.05, 3.63) is 24.2 Å². The number of hydrogen-bond donors (Lipinski definition) is 3. The van der Waals surface area contributed by atoms with Crippen LogP contribution in [0.3, 0.4) is 0 Å². The maximum absolute atomic E-state index is 10.4. The fraction of sp³-hybridized carbons (Fsp3) is 0.467. The summed E-state index contributed by atoms with van der Waals surface area (Å²) >= 11 is 0. The van der Waals surface area contributed by atoms with Crippen molar-refractivity contribution in [2.75, 3.05) is 20.7 Å². The van der Waals surface area contributed by atoms with Crippen LogP contribution in [0.2, 0.25) is 0 Å². The van der Waals surface area contributed by atoms with Crippen molar-refractivity contribution < 1.29 is 20.1 Å². The lowest BCUT2D eigenvalue weighted by molar-refractivity contribution is -0.0643. The molecule has 2 aromatic rings. The average Bonchev–Trinajstić information content (AvgIpc) is 3.14. The van der Waals surface area contributed by atoms with Crippen LogP contribution in [-0.4, -0.2) is 80.2 Å². The smallest absolute Gasteiger partial charge is 0.225 e. The van der Waals surface area contributed by atoms with Crippen LogP contribution in [0.1, 0.15) is 5.69 Å². The van der Waals surface area contributed by atoms with Gasteiger partial charge >= 0.3 is 0 Å². The van der Waals surface area contributed by atoms with E-state index in [-0.39, 0.29) is 5.69 Å². The number of ether oxygens (including phenoxy) is 1. The van der Waals surface area contributed by atoms with Crippen molar-refractivity contribution in [2.45, 2.75) is 23.9 Å². The summed E-state index contributed by atoms with van der Waals surface area (Å²) in [5, 5.41) is 43.5. The predicted octanol–water partition coefficient (Wildman–Crippen LogP) is -1.22. The third-order valence-electron chi connectivity index (χ3n) is 4.03. The topological polar surface area (TPSA) is 140 Å². The van der Waals surface area contributed by atoms with Crippen LogP contribution >= 0.6 is 0 Å². The molecule has 0 bridgehead atoms. The second kappa shape index (κ2) is 6.38. The Kier molecular flexibility index (Phi) is 4.40. The van der Waals surface area contributed by atoms with Crippen LogP contribution in [0.25, 0.3) is 5.52 Å². The van der Waals surface area contributed by atoms with Gasteiger partial charge in [0.05, 0.1) is 18.6 Å². The molecule has 0 aromatic carbocycles. The molecule has 1 saturated heterocycles. The van der Waals surface area contributed by atoms with Gasteiger partial charge in [-0.2, -0.15) is 10.4 Å². The number of aliphatic hydroxyl groups is 3. The number of hydrogen-bond acceptors (Lipinski definition) is 8. The van der Waals surface area contributed by atoms with Crippen molar-refractivity contribution >= 4 is 17.7 Å². The number of nitrogens with zero attached hydrogens (tertiary/aromatic N) is 6. The largest absolute Gasteiger partial charge is 0.394 e. The summed E-state index contributed by atoms with van der Waals surface area (Å²) in [6.07, 6.45) is -1.18. The van der Waals surface area contributed by atoms with Gasteiger partial charge in [-0.1, -0.05) is 0 Å². The van der Waals surface area contributed by atoms with E-state index in [1.165, 1.54) is 10.8 Å². The first kappa shape index (κ1) is 17.2. The van der Waals surface area contributed by atoms with Crippen molar-refractivity contribution in [3.8, 4) is 6.07 Å². The summed E-state index contributed by atoms with van der Waals surface area (Å²) in [5.41, 5.74) is -1.14. The maximum Gasteiger partial charge on any atom is 0.225 e. The Bertz CT molecular complexity index is 844. The van der Waals surface area contributed by atoms with E-state index in [0.29, 0.717) is 11.3 Å². The summed E-state index contributed by atoms with van der Waals surface area (Å²) in [7, 11) is 3.63. The van der Waals surface area contributed by atoms with Crippen molar-refractivity contribution in [2.24, 2.45) is 4.99 Å². The Morgan fingerprint density at radius 2 is 2.24 bits per heavy atom. The predicted molar refractivity (Wildman–Crippen MR) is 86.1 cm³/mol. The number of aliphatic hydroxyl groups excluding tert-OH is 3. The quantitative estimate of drug-likeness (QED) is 0.462. The molecule has 0 amide bonds. The SMILES string of the molecule is CN(C)C=Nc1ncnn2c([C@]3(C#N)O[C@H](CO)[C@@H](O)[C@H]3O)ccc12. The zero-order chi connectivity index (χ0) is 18.2. The third-order valence-corrected chi connectivity index (χ3v) is 4.03. The van der Waals surface area contributed by atoms with E-state index in [4.69, 9.17) is 4.74 Å². The molecule has 0 saturated carbocycles. The first-order valence-corrected chi connectivity index (χ1v) is 7.54. The second-order valence-corrected chi connectivity index (χ2v) is 5.93. The molecule has 1 aliphatic rings. The highest BCUT2D eigenvalue weighted by Crippen LogP contribution is 2.40. The van der Waals surface area contributed by atoms with Gasteiger partial charge in [0.25, 0.3) is 0 Å². The highest BCUT2D eigenvalue weighted by molar-refractivity contribution is 5.71. The standard InChI is InChI=1S/C15H18N6O4/c1-20(2)8-18-14-9-3-4-11(21(9)19-7-17-14)15(6-16)13(24)12(23)10(5-22)25-15/h3-4,7-8,10,12-13,22-24H,5H2,1-2H3/t10-,12-,13-,15+/m1/s1. The van der Waals surface area contributed by atoms with Gasteiger partial charge < -0.3 is 25.0 Å². The van der Waals surface area contributed by atoms with Crippen LogP contribution < -0.4 is 0 Å². The molecule has 1 fully saturated rings. The van der Waals surface area contributed by atoms with E-state index in [2.05, 4.69) is 15.1 Å². The van der Waals surface area contributed by atoms with E-state index >= 15 is 0 Å². The van der Waals surface area contributed by atoms with E-state index in [1.54, 1.807) is 23.4 Å². The first-order chi connectivity index (χ1) is 11.9. The fourth-order valence-electron chi connectivity index (χ4n) is 2.80. The van der Waals surface area contributed by atoms with E-state index in [0.717, 1.165) is 0 Å². The highest BCUT2D eigenvalue weighted by atomic mass is 16.6.